The number of aromatic nitrogens is 1. The number of nitrogens with two attached hydrogens (primary N) is 1. The van der Waals surface area contributed by atoms with Gasteiger partial charge in [-0.2, -0.15) is 0 Å². The molecule has 1 aromatic heterocycles. The van der Waals surface area contributed by atoms with Crippen molar-refractivity contribution in [2.24, 2.45) is 0 Å². The van der Waals surface area contributed by atoms with Gasteiger partial charge in [0.15, 0.2) is 0 Å². The van der Waals surface area contributed by atoms with Crippen molar-refractivity contribution in [2.75, 3.05) is 5.73 Å². The van der Waals surface area contributed by atoms with E-state index in [1.165, 1.54) is 11.3 Å². The van der Waals surface area contributed by atoms with E-state index in [1.54, 1.807) is 24.4 Å². The summed E-state index contributed by atoms with van der Waals surface area (Å²) in [4.78, 5) is 16.4. The molecule has 1 unspecified atom stereocenters. The summed E-state index contributed by atoms with van der Waals surface area (Å²) in [5.41, 5.74) is 6.60. The van der Waals surface area contributed by atoms with E-state index in [9.17, 15) is 4.79 Å². The number of carbonyl (C=O) groups is 1. The quantitative estimate of drug-likeness (QED) is 0.851. The smallest absolute Gasteiger partial charge is 0.253 e. The molecule has 4 nitrogen and oxygen atoms in total. The van der Waals surface area contributed by atoms with E-state index in [1.807, 2.05) is 12.3 Å². The average Bonchev–Trinajstić information content (AvgIpc) is 2.89. The fourth-order valence-corrected chi connectivity index (χ4v) is 2.67. The molecule has 0 aliphatic heterocycles. The molecular formula is C13H14ClN3OS. The molecule has 3 N–H and O–H groups in total. The maximum absolute atomic E-state index is 12.2. The van der Waals surface area contributed by atoms with E-state index in [-0.39, 0.29) is 11.9 Å². The van der Waals surface area contributed by atoms with E-state index < -0.39 is 0 Å². The molecule has 1 atom stereocenters. The van der Waals surface area contributed by atoms with Crippen LogP contribution >= 0.6 is 22.9 Å². The van der Waals surface area contributed by atoms with Gasteiger partial charge in [-0.3, -0.25) is 4.79 Å². The van der Waals surface area contributed by atoms with Crippen molar-refractivity contribution >= 4 is 34.5 Å². The lowest BCUT2D eigenvalue weighted by Crippen LogP contribution is -2.28. The summed E-state index contributed by atoms with van der Waals surface area (Å²) in [7, 11) is 0. The second-order valence-corrected chi connectivity index (χ2v) is 5.40. The molecule has 1 aromatic carbocycles. The van der Waals surface area contributed by atoms with Crippen LogP contribution in [0.2, 0.25) is 5.02 Å². The number of anilines is 1. The third-order valence-corrected chi connectivity index (χ3v) is 3.85. The van der Waals surface area contributed by atoms with E-state index in [4.69, 9.17) is 17.3 Å². The Morgan fingerprint density at radius 3 is 2.95 bits per heavy atom. The Balaban J connectivity index is 2.16. The predicted molar refractivity (Wildman–Crippen MR) is 78.5 cm³/mol. The molecule has 2 rings (SSSR count). The zero-order valence-corrected chi connectivity index (χ0v) is 12.0. The molecule has 100 valence electrons. The van der Waals surface area contributed by atoms with Crippen LogP contribution in [-0.2, 0) is 0 Å². The monoisotopic (exact) mass is 295 g/mol. The Morgan fingerprint density at radius 1 is 1.58 bits per heavy atom. The lowest BCUT2D eigenvalue weighted by molar-refractivity contribution is 0.0936. The van der Waals surface area contributed by atoms with Gasteiger partial charge in [-0.15, -0.1) is 11.3 Å². The minimum Gasteiger partial charge on any atom is -0.398 e. The molecule has 0 bridgehead atoms. The normalized spacial score (nSPS) is 12.1. The molecule has 0 saturated carbocycles. The van der Waals surface area contributed by atoms with Crippen LogP contribution in [0.5, 0.6) is 0 Å². The fourth-order valence-electron chi connectivity index (χ4n) is 1.72. The number of nitrogens with one attached hydrogen (secondary N) is 1. The van der Waals surface area contributed by atoms with Gasteiger partial charge in [0, 0.05) is 22.3 Å². The molecule has 0 aliphatic rings. The Kier molecular flexibility index (Phi) is 4.39. The van der Waals surface area contributed by atoms with Gasteiger partial charge in [0.25, 0.3) is 5.91 Å². The van der Waals surface area contributed by atoms with Crippen molar-refractivity contribution in [1.29, 1.82) is 0 Å². The molecule has 6 heteroatoms. The second-order valence-electron chi connectivity index (χ2n) is 4.04. The molecule has 19 heavy (non-hydrogen) atoms. The lowest BCUT2D eigenvalue weighted by Gasteiger charge is -2.15. The van der Waals surface area contributed by atoms with E-state index in [2.05, 4.69) is 10.3 Å². The van der Waals surface area contributed by atoms with Crippen LogP contribution in [0.1, 0.15) is 34.8 Å². The number of benzene rings is 1. The molecule has 0 saturated heterocycles. The zero-order valence-electron chi connectivity index (χ0n) is 10.4. The largest absolute Gasteiger partial charge is 0.398 e. The summed E-state index contributed by atoms with van der Waals surface area (Å²) in [5.74, 6) is -0.212. The van der Waals surface area contributed by atoms with Gasteiger partial charge in [-0.05, 0) is 24.6 Å². The summed E-state index contributed by atoms with van der Waals surface area (Å²) in [5, 5.41) is 6.23. The van der Waals surface area contributed by atoms with Crippen LogP contribution in [0.4, 0.5) is 5.69 Å². The first-order chi connectivity index (χ1) is 9.11. The Morgan fingerprint density at radius 2 is 2.37 bits per heavy atom. The average molecular weight is 296 g/mol. The first-order valence-electron chi connectivity index (χ1n) is 5.87. The van der Waals surface area contributed by atoms with Gasteiger partial charge < -0.3 is 11.1 Å². The Bertz CT molecular complexity index is 571. The highest BCUT2D eigenvalue weighted by Crippen LogP contribution is 2.22. The number of rotatable bonds is 4. The van der Waals surface area contributed by atoms with E-state index in [0.717, 1.165) is 11.4 Å². The lowest BCUT2D eigenvalue weighted by atomic mass is 10.1. The number of nitrogens with zero attached hydrogens (tertiary/aromatic N) is 1. The van der Waals surface area contributed by atoms with Crippen LogP contribution < -0.4 is 11.1 Å². The van der Waals surface area contributed by atoms with Crippen LogP contribution in [-0.4, -0.2) is 10.9 Å². The number of hydrogen-bond donors (Lipinski definition) is 2. The van der Waals surface area contributed by atoms with Gasteiger partial charge >= 0.3 is 0 Å². The van der Waals surface area contributed by atoms with Crippen LogP contribution in [0.3, 0.4) is 0 Å². The molecule has 0 aliphatic carbocycles. The van der Waals surface area contributed by atoms with Crippen molar-refractivity contribution in [3.8, 4) is 0 Å². The van der Waals surface area contributed by atoms with E-state index >= 15 is 0 Å². The predicted octanol–water partition coefficient (Wildman–Crippen LogP) is 3.26. The van der Waals surface area contributed by atoms with Gasteiger partial charge in [0.05, 0.1) is 11.6 Å². The maximum atomic E-state index is 12.2. The summed E-state index contributed by atoms with van der Waals surface area (Å²) in [6.07, 6.45) is 2.50. The molecule has 1 heterocycles. The standard InChI is InChI=1S/C13H14ClN3OS/c1-2-11(13-16-5-6-19-13)17-12(18)9-4-3-8(14)7-10(9)15/h3-7,11H,2,15H2,1H3,(H,17,18). The highest BCUT2D eigenvalue weighted by molar-refractivity contribution is 7.09. The first-order valence-corrected chi connectivity index (χ1v) is 7.13. The van der Waals surface area contributed by atoms with Crippen LogP contribution in [0.25, 0.3) is 0 Å². The molecule has 2 aromatic rings. The van der Waals surface area contributed by atoms with Gasteiger partial charge in [-0.25, -0.2) is 4.98 Å². The SMILES string of the molecule is CCC(NC(=O)c1ccc(Cl)cc1N)c1nccs1. The molecule has 1 amide bonds. The first kappa shape index (κ1) is 13.8. The molecule has 0 radical (unpaired) electrons. The van der Waals surface area contributed by atoms with Crippen molar-refractivity contribution < 1.29 is 4.79 Å². The number of halogens is 1. The summed E-state index contributed by atoms with van der Waals surface area (Å²) < 4.78 is 0. The number of amides is 1. The van der Waals surface area contributed by atoms with Gasteiger partial charge in [-0.1, -0.05) is 18.5 Å². The van der Waals surface area contributed by atoms with E-state index in [0.29, 0.717) is 16.3 Å². The molecule has 0 fully saturated rings. The zero-order chi connectivity index (χ0) is 13.8. The highest BCUT2D eigenvalue weighted by atomic mass is 35.5. The number of hydrogen-bond acceptors (Lipinski definition) is 4. The third-order valence-electron chi connectivity index (χ3n) is 2.72. The van der Waals surface area contributed by atoms with Crippen molar-refractivity contribution in [3.05, 3.63) is 45.4 Å². The number of carbonyl (C=O) groups excluding carboxylic acids is 1. The Hall–Kier alpha value is -1.59. The fraction of sp³-hybridized carbons (Fsp3) is 0.231. The minimum absolute atomic E-state index is 0.0948. The maximum Gasteiger partial charge on any atom is 0.253 e. The molecule has 0 spiro atoms. The van der Waals surface area contributed by atoms with Crippen LogP contribution in [0.15, 0.2) is 29.8 Å². The van der Waals surface area contributed by atoms with Crippen LogP contribution in [0, 0.1) is 0 Å². The third kappa shape index (κ3) is 3.24. The number of thiazole rings is 1. The van der Waals surface area contributed by atoms with Crippen molar-refractivity contribution in [2.45, 2.75) is 19.4 Å². The van der Waals surface area contributed by atoms with Gasteiger partial charge in [0.1, 0.15) is 5.01 Å². The molecular weight excluding hydrogens is 282 g/mol. The highest BCUT2D eigenvalue weighted by Gasteiger charge is 2.17. The topological polar surface area (TPSA) is 68.0 Å². The summed E-state index contributed by atoms with van der Waals surface area (Å²) in [6, 6.07) is 4.75. The summed E-state index contributed by atoms with van der Waals surface area (Å²) >= 11 is 7.34. The summed E-state index contributed by atoms with van der Waals surface area (Å²) in [6.45, 7) is 2.00. The Labute approximate surface area is 120 Å². The van der Waals surface area contributed by atoms with Crippen molar-refractivity contribution in [3.63, 3.8) is 0 Å². The minimum atomic E-state index is -0.212. The number of nitrogen functional groups attached to an aromatic ring is 1. The van der Waals surface area contributed by atoms with Gasteiger partial charge in [0.2, 0.25) is 0 Å². The van der Waals surface area contributed by atoms with Crippen molar-refractivity contribution in [1.82, 2.24) is 10.3 Å². The second kappa shape index (κ2) is 6.04.